The summed E-state index contributed by atoms with van der Waals surface area (Å²) in [4.78, 5) is 23.4. The van der Waals surface area contributed by atoms with E-state index in [4.69, 9.17) is 4.74 Å². The van der Waals surface area contributed by atoms with Crippen LogP contribution in [0.1, 0.15) is 43.6 Å². The Hall–Kier alpha value is -1.85. The highest BCUT2D eigenvalue weighted by molar-refractivity contribution is 5.83. The Morgan fingerprint density at radius 2 is 2.05 bits per heavy atom. The highest BCUT2D eigenvalue weighted by Crippen LogP contribution is 2.14. The normalized spacial score (nSPS) is 12.0. The smallest absolute Gasteiger partial charge is 0.306 e. The van der Waals surface area contributed by atoms with Gasteiger partial charge >= 0.3 is 5.97 Å². The van der Waals surface area contributed by atoms with Crippen molar-refractivity contribution in [1.82, 2.24) is 15.1 Å². The number of carbonyl (C=O) groups excluding carboxylic acids is 2. The predicted molar refractivity (Wildman–Crippen MR) is 79.9 cm³/mol. The molecule has 0 aliphatic heterocycles. The lowest BCUT2D eigenvalue weighted by atomic mass is 10.1. The van der Waals surface area contributed by atoms with Crippen molar-refractivity contribution in [3.63, 3.8) is 0 Å². The molecule has 0 spiro atoms. The van der Waals surface area contributed by atoms with E-state index in [0.29, 0.717) is 13.0 Å². The molecule has 0 aliphatic carbocycles. The first-order valence-corrected chi connectivity index (χ1v) is 7.33. The molecule has 1 unspecified atom stereocenters. The maximum absolute atomic E-state index is 11.8. The summed E-state index contributed by atoms with van der Waals surface area (Å²) in [6.45, 7) is 8.05. The highest BCUT2D eigenvalue weighted by atomic mass is 16.5. The molecule has 0 aromatic carbocycles. The molecule has 0 saturated carbocycles. The minimum atomic E-state index is -0.750. The van der Waals surface area contributed by atoms with E-state index < -0.39 is 6.10 Å². The molecule has 0 bridgehead atoms. The Morgan fingerprint density at radius 3 is 2.57 bits per heavy atom. The van der Waals surface area contributed by atoms with Gasteiger partial charge in [0.05, 0.1) is 5.69 Å². The summed E-state index contributed by atoms with van der Waals surface area (Å²) in [7, 11) is 1.88. The molecule has 0 fully saturated rings. The van der Waals surface area contributed by atoms with Crippen LogP contribution in [-0.4, -0.2) is 34.3 Å². The lowest BCUT2D eigenvalue weighted by molar-refractivity contribution is -0.154. The number of nitrogens with one attached hydrogen (secondary N) is 1. The van der Waals surface area contributed by atoms with Gasteiger partial charge in [0.15, 0.2) is 6.10 Å². The van der Waals surface area contributed by atoms with Gasteiger partial charge in [0.1, 0.15) is 0 Å². The monoisotopic (exact) mass is 295 g/mol. The topological polar surface area (TPSA) is 73.2 Å². The van der Waals surface area contributed by atoms with Crippen LogP contribution in [0.3, 0.4) is 0 Å². The van der Waals surface area contributed by atoms with E-state index in [9.17, 15) is 9.59 Å². The van der Waals surface area contributed by atoms with Gasteiger partial charge in [-0.15, -0.1) is 0 Å². The number of ether oxygens (including phenoxy) is 1. The zero-order chi connectivity index (χ0) is 16.0. The molecule has 21 heavy (non-hydrogen) atoms. The Labute approximate surface area is 125 Å². The summed E-state index contributed by atoms with van der Waals surface area (Å²) < 4.78 is 6.94. The second kappa shape index (κ2) is 7.81. The van der Waals surface area contributed by atoms with E-state index in [1.165, 1.54) is 0 Å². The molecular weight excluding hydrogens is 270 g/mol. The summed E-state index contributed by atoms with van der Waals surface area (Å²) in [5, 5.41) is 7.02. The Bertz CT molecular complexity index is 509. The Kier molecular flexibility index (Phi) is 6.39. The lowest BCUT2D eigenvalue weighted by Crippen LogP contribution is -2.36. The molecule has 1 atom stereocenters. The number of aryl methyl sites for hydroxylation is 2. The number of aromatic nitrogens is 2. The van der Waals surface area contributed by atoms with E-state index in [-0.39, 0.29) is 18.3 Å². The zero-order valence-electron chi connectivity index (χ0n) is 13.5. The average Bonchev–Trinajstić information content (AvgIpc) is 2.67. The van der Waals surface area contributed by atoms with E-state index in [2.05, 4.69) is 10.4 Å². The molecule has 1 rings (SSSR count). The van der Waals surface area contributed by atoms with Gasteiger partial charge < -0.3 is 10.1 Å². The molecule has 1 aromatic rings. The van der Waals surface area contributed by atoms with Crippen molar-refractivity contribution in [1.29, 1.82) is 0 Å². The summed E-state index contributed by atoms with van der Waals surface area (Å²) in [6.07, 6.45) is 0.929. The first-order chi connectivity index (χ1) is 9.86. The van der Waals surface area contributed by atoms with Gasteiger partial charge in [0.2, 0.25) is 0 Å². The van der Waals surface area contributed by atoms with Gasteiger partial charge in [0, 0.05) is 25.7 Å². The van der Waals surface area contributed by atoms with Gasteiger partial charge in [-0.25, -0.2) is 0 Å². The number of hydrogen-bond donors (Lipinski definition) is 1. The number of nitrogens with zero attached hydrogens (tertiary/aromatic N) is 2. The third-order valence-electron chi connectivity index (χ3n) is 3.46. The van der Waals surface area contributed by atoms with E-state index in [1.807, 2.05) is 27.8 Å². The third kappa shape index (κ3) is 4.88. The SMILES string of the molecule is CCCNC(=O)C(C)OC(=O)CCc1c(C)nn(C)c1C. The van der Waals surface area contributed by atoms with Crippen molar-refractivity contribution in [2.24, 2.45) is 7.05 Å². The predicted octanol–water partition coefficient (Wildman–Crippen LogP) is 1.43. The van der Waals surface area contributed by atoms with Crippen molar-refractivity contribution in [2.45, 2.75) is 53.1 Å². The van der Waals surface area contributed by atoms with Crippen molar-refractivity contribution < 1.29 is 14.3 Å². The Morgan fingerprint density at radius 1 is 1.38 bits per heavy atom. The minimum Gasteiger partial charge on any atom is -0.453 e. The molecule has 1 aromatic heterocycles. The average molecular weight is 295 g/mol. The van der Waals surface area contributed by atoms with Crippen LogP contribution in [0.5, 0.6) is 0 Å². The molecular formula is C15H25N3O3. The molecule has 0 aliphatic rings. The van der Waals surface area contributed by atoms with Crippen molar-refractivity contribution in [3.8, 4) is 0 Å². The second-order valence-corrected chi connectivity index (χ2v) is 5.20. The number of carbonyl (C=O) groups is 2. The quantitative estimate of drug-likeness (QED) is 0.772. The molecule has 1 amide bonds. The standard InChI is InChI=1S/C15H25N3O3/c1-6-9-16-15(20)12(4)21-14(19)8-7-13-10(2)17-18(5)11(13)3/h12H,6-9H2,1-5H3,(H,16,20). The largest absolute Gasteiger partial charge is 0.453 e. The van der Waals surface area contributed by atoms with Gasteiger partial charge in [-0.1, -0.05) is 6.92 Å². The van der Waals surface area contributed by atoms with E-state index in [1.54, 1.807) is 11.6 Å². The first kappa shape index (κ1) is 17.2. The first-order valence-electron chi connectivity index (χ1n) is 7.33. The van der Waals surface area contributed by atoms with Gasteiger partial charge in [-0.05, 0) is 39.2 Å². The van der Waals surface area contributed by atoms with Crippen molar-refractivity contribution in [3.05, 3.63) is 17.0 Å². The van der Waals surface area contributed by atoms with Crippen LogP contribution in [0, 0.1) is 13.8 Å². The molecule has 0 saturated heterocycles. The molecule has 6 nitrogen and oxygen atoms in total. The minimum absolute atomic E-state index is 0.249. The van der Waals surface area contributed by atoms with Gasteiger partial charge in [-0.3, -0.25) is 14.3 Å². The summed E-state index contributed by atoms with van der Waals surface area (Å²) in [5.41, 5.74) is 3.04. The van der Waals surface area contributed by atoms with Crippen LogP contribution in [0.4, 0.5) is 0 Å². The highest BCUT2D eigenvalue weighted by Gasteiger charge is 2.18. The molecule has 6 heteroatoms. The number of hydrogen-bond acceptors (Lipinski definition) is 4. The van der Waals surface area contributed by atoms with Crippen LogP contribution in [0.25, 0.3) is 0 Å². The fraction of sp³-hybridized carbons (Fsp3) is 0.667. The van der Waals surface area contributed by atoms with Crippen LogP contribution in [-0.2, 0) is 27.8 Å². The van der Waals surface area contributed by atoms with Crippen LogP contribution < -0.4 is 5.32 Å². The van der Waals surface area contributed by atoms with Gasteiger partial charge in [-0.2, -0.15) is 5.10 Å². The van der Waals surface area contributed by atoms with E-state index in [0.717, 1.165) is 23.4 Å². The van der Waals surface area contributed by atoms with Crippen LogP contribution in [0.2, 0.25) is 0 Å². The maximum atomic E-state index is 11.8. The lowest BCUT2D eigenvalue weighted by Gasteiger charge is -2.13. The molecule has 1 N–H and O–H groups in total. The number of rotatable bonds is 7. The van der Waals surface area contributed by atoms with Crippen LogP contribution in [0.15, 0.2) is 0 Å². The number of esters is 1. The molecule has 118 valence electrons. The fourth-order valence-electron chi connectivity index (χ4n) is 2.11. The van der Waals surface area contributed by atoms with Crippen molar-refractivity contribution in [2.75, 3.05) is 6.54 Å². The summed E-state index contributed by atoms with van der Waals surface area (Å²) in [6, 6.07) is 0. The third-order valence-corrected chi connectivity index (χ3v) is 3.46. The fourth-order valence-corrected chi connectivity index (χ4v) is 2.11. The maximum Gasteiger partial charge on any atom is 0.306 e. The molecule has 1 heterocycles. The van der Waals surface area contributed by atoms with Gasteiger partial charge in [0.25, 0.3) is 5.91 Å². The number of amides is 1. The summed E-state index contributed by atoms with van der Waals surface area (Å²) >= 11 is 0. The summed E-state index contributed by atoms with van der Waals surface area (Å²) in [5.74, 6) is -0.615. The molecule has 0 radical (unpaired) electrons. The Balaban J connectivity index is 2.45. The second-order valence-electron chi connectivity index (χ2n) is 5.20. The van der Waals surface area contributed by atoms with E-state index >= 15 is 0 Å². The van der Waals surface area contributed by atoms with Crippen molar-refractivity contribution >= 4 is 11.9 Å². The zero-order valence-corrected chi connectivity index (χ0v) is 13.5. The van der Waals surface area contributed by atoms with Crippen LogP contribution >= 0.6 is 0 Å².